The van der Waals surface area contributed by atoms with Crippen molar-refractivity contribution in [1.82, 2.24) is 14.8 Å². The van der Waals surface area contributed by atoms with Gasteiger partial charge in [0, 0.05) is 67.7 Å². The Morgan fingerprint density at radius 2 is 2.00 bits per heavy atom. The standard InChI is InChI=1S/C24H29ClN4O4/c1-14-21(11-18-17-10-15(25)2-3-19(17)27-23(18)31)26-20-4-5-29(24(32)22(14)20)13-16(30)12-28-6-8-33-9-7-28/h2-3,10,16,18,26,30H,4-9,11-13H2,1H3,(H,27,31). The number of ether oxygens (including phenoxy) is 1. The number of carbonyl (C=O) groups is 2. The molecule has 1 aromatic heterocycles. The number of aromatic nitrogens is 1. The molecule has 1 saturated heterocycles. The lowest BCUT2D eigenvalue weighted by molar-refractivity contribution is -0.117. The minimum atomic E-state index is -0.601. The molecule has 2 aromatic rings. The van der Waals surface area contributed by atoms with Gasteiger partial charge in [-0.3, -0.25) is 14.5 Å². The van der Waals surface area contributed by atoms with E-state index in [1.807, 2.05) is 19.1 Å². The van der Waals surface area contributed by atoms with Crippen LogP contribution < -0.4 is 5.32 Å². The summed E-state index contributed by atoms with van der Waals surface area (Å²) in [6.45, 7) is 6.31. The van der Waals surface area contributed by atoms with Crippen LogP contribution in [0.25, 0.3) is 0 Å². The van der Waals surface area contributed by atoms with Gasteiger partial charge >= 0.3 is 0 Å². The molecule has 0 spiro atoms. The molecule has 8 nitrogen and oxygen atoms in total. The molecule has 33 heavy (non-hydrogen) atoms. The van der Waals surface area contributed by atoms with E-state index >= 15 is 0 Å². The average molecular weight is 473 g/mol. The third-order valence-corrected chi connectivity index (χ3v) is 7.17. The highest BCUT2D eigenvalue weighted by Gasteiger charge is 2.35. The minimum Gasteiger partial charge on any atom is -0.390 e. The normalized spacial score (nSPS) is 21.7. The van der Waals surface area contributed by atoms with Gasteiger partial charge in [0.05, 0.1) is 30.8 Å². The van der Waals surface area contributed by atoms with Crippen molar-refractivity contribution in [2.75, 3.05) is 51.3 Å². The number of β-amino-alcohol motifs (C(OH)–C–C–N with tert-alkyl or cyclic N) is 1. The van der Waals surface area contributed by atoms with Gasteiger partial charge in [-0.05, 0) is 36.2 Å². The number of benzene rings is 1. The first-order valence-electron chi connectivity index (χ1n) is 11.5. The van der Waals surface area contributed by atoms with Crippen LogP contribution in [0, 0.1) is 6.92 Å². The van der Waals surface area contributed by atoms with E-state index in [1.165, 1.54) is 0 Å². The summed E-state index contributed by atoms with van der Waals surface area (Å²) in [5.74, 6) is -0.464. The molecule has 3 aliphatic heterocycles. The van der Waals surface area contributed by atoms with Crippen molar-refractivity contribution in [2.45, 2.75) is 31.8 Å². The van der Waals surface area contributed by atoms with Gasteiger partial charge in [-0.15, -0.1) is 0 Å². The number of anilines is 1. The van der Waals surface area contributed by atoms with Crippen molar-refractivity contribution in [3.8, 4) is 0 Å². The highest BCUT2D eigenvalue weighted by Crippen LogP contribution is 2.37. The van der Waals surface area contributed by atoms with Crippen LogP contribution in [0.5, 0.6) is 0 Å². The van der Waals surface area contributed by atoms with Gasteiger partial charge in [0.25, 0.3) is 5.91 Å². The number of nitrogens with zero attached hydrogens (tertiary/aromatic N) is 2. The second-order valence-corrected chi connectivity index (χ2v) is 9.56. The van der Waals surface area contributed by atoms with Crippen LogP contribution in [0.3, 0.4) is 0 Å². The van der Waals surface area contributed by atoms with Crippen LogP contribution in [0.2, 0.25) is 5.02 Å². The quantitative estimate of drug-likeness (QED) is 0.597. The van der Waals surface area contributed by atoms with E-state index in [-0.39, 0.29) is 17.7 Å². The SMILES string of the molecule is Cc1c(CC2C(=O)Nc3ccc(Cl)cc32)[nH]c2c1C(=O)N(CC(O)CN1CCOCC1)CC2. The van der Waals surface area contributed by atoms with Gasteiger partial charge in [0.1, 0.15) is 0 Å². The number of halogens is 1. The van der Waals surface area contributed by atoms with Gasteiger partial charge in [0.2, 0.25) is 5.91 Å². The zero-order chi connectivity index (χ0) is 23.1. The van der Waals surface area contributed by atoms with Gasteiger partial charge in [-0.25, -0.2) is 0 Å². The molecule has 9 heteroatoms. The second-order valence-electron chi connectivity index (χ2n) is 9.13. The molecule has 2 atom stereocenters. The first kappa shape index (κ1) is 22.4. The maximum Gasteiger partial charge on any atom is 0.256 e. The molecule has 4 heterocycles. The Morgan fingerprint density at radius 3 is 2.79 bits per heavy atom. The van der Waals surface area contributed by atoms with Crippen molar-refractivity contribution in [3.63, 3.8) is 0 Å². The summed E-state index contributed by atoms with van der Waals surface area (Å²) in [4.78, 5) is 33.2. The van der Waals surface area contributed by atoms with E-state index in [0.29, 0.717) is 56.3 Å². The summed E-state index contributed by atoms with van der Waals surface area (Å²) >= 11 is 6.16. The fourth-order valence-electron chi connectivity index (χ4n) is 5.17. The van der Waals surface area contributed by atoms with Crippen LogP contribution in [0.4, 0.5) is 5.69 Å². The fraction of sp³-hybridized carbons (Fsp3) is 0.500. The zero-order valence-corrected chi connectivity index (χ0v) is 19.5. The van der Waals surface area contributed by atoms with E-state index < -0.39 is 6.10 Å². The zero-order valence-electron chi connectivity index (χ0n) is 18.7. The number of aliphatic hydroxyl groups is 1. The Balaban J connectivity index is 1.30. The smallest absolute Gasteiger partial charge is 0.256 e. The molecule has 1 aromatic carbocycles. The van der Waals surface area contributed by atoms with E-state index in [2.05, 4.69) is 15.2 Å². The molecule has 0 aliphatic carbocycles. The van der Waals surface area contributed by atoms with E-state index in [0.717, 1.165) is 41.3 Å². The third kappa shape index (κ3) is 4.40. The van der Waals surface area contributed by atoms with Crippen LogP contribution in [0.1, 0.15) is 38.8 Å². The molecule has 3 N–H and O–H groups in total. The summed E-state index contributed by atoms with van der Waals surface area (Å²) < 4.78 is 5.36. The monoisotopic (exact) mass is 472 g/mol. The molecule has 3 aliphatic rings. The highest BCUT2D eigenvalue weighted by atomic mass is 35.5. The minimum absolute atomic E-state index is 0.0570. The van der Waals surface area contributed by atoms with Crippen LogP contribution in [-0.4, -0.2) is 83.7 Å². The second kappa shape index (κ2) is 9.10. The number of rotatable bonds is 6. The molecule has 2 amide bonds. The Morgan fingerprint density at radius 1 is 1.21 bits per heavy atom. The Labute approximate surface area is 197 Å². The van der Waals surface area contributed by atoms with Gasteiger partial charge < -0.3 is 25.0 Å². The number of morpholine rings is 1. The predicted octanol–water partition coefficient (Wildman–Crippen LogP) is 1.95. The molecular weight excluding hydrogens is 444 g/mol. The van der Waals surface area contributed by atoms with Gasteiger partial charge in [-0.2, -0.15) is 0 Å². The summed E-state index contributed by atoms with van der Waals surface area (Å²) in [7, 11) is 0. The lowest BCUT2D eigenvalue weighted by Gasteiger charge is -2.32. The maximum absolute atomic E-state index is 13.3. The Kier molecular flexibility index (Phi) is 6.18. The van der Waals surface area contributed by atoms with Crippen molar-refractivity contribution < 1.29 is 19.4 Å². The van der Waals surface area contributed by atoms with Crippen molar-refractivity contribution >= 4 is 29.1 Å². The molecular formula is C24H29ClN4O4. The maximum atomic E-state index is 13.3. The topological polar surface area (TPSA) is 97.9 Å². The number of aliphatic hydroxyl groups excluding tert-OH is 1. The molecule has 0 radical (unpaired) electrons. The number of hydrogen-bond donors (Lipinski definition) is 3. The summed E-state index contributed by atoms with van der Waals surface area (Å²) in [6.07, 6.45) is 0.576. The third-order valence-electron chi connectivity index (χ3n) is 6.94. The van der Waals surface area contributed by atoms with Crippen LogP contribution in [-0.2, 0) is 22.4 Å². The van der Waals surface area contributed by atoms with E-state index in [9.17, 15) is 14.7 Å². The molecule has 0 bridgehead atoms. The number of hydrogen-bond acceptors (Lipinski definition) is 5. The van der Waals surface area contributed by atoms with Crippen LogP contribution in [0.15, 0.2) is 18.2 Å². The highest BCUT2D eigenvalue weighted by molar-refractivity contribution is 6.31. The molecule has 1 fully saturated rings. The molecule has 176 valence electrons. The van der Waals surface area contributed by atoms with Crippen molar-refractivity contribution in [1.29, 1.82) is 0 Å². The number of aromatic amines is 1. The first-order valence-corrected chi connectivity index (χ1v) is 11.9. The summed E-state index contributed by atoms with van der Waals surface area (Å²) in [6, 6.07) is 5.43. The van der Waals surface area contributed by atoms with E-state index in [4.69, 9.17) is 16.3 Å². The number of H-pyrrole nitrogens is 1. The molecule has 2 unspecified atom stereocenters. The number of carbonyl (C=O) groups excluding carboxylic acids is 2. The van der Waals surface area contributed by atoms with Crippen LogP contribution >= 0.6 is 11.6 Å². The summed E-state index contributed by atoms with van der Waals surface area (Å²) in [5.41, 5.74) is 5.05. The number of fused-ring (bicyclic) bond motifs is 2. The van der Waals surface area contributed by atoms with Crippen molar-refractivity contribution in [3.05, 3.63) is 51.3 Å². The summed E-state index contributed by atoms with van der Waals surface area (Å²) in [5, 5.41) is 14.1. The van der Waals surface area contributed by atoms with E-state index in [1.54, 1.807) is 11.0 Å². The number of amides is 2. The lowest BCUT2D eigenvalue weighted by Crippen LogP contribution is -2.47. The largest absolute Gasteiger partial charge is 0.390 e. The first-order chi connectivity index (χ1) is 15.9. The Hall–Kier alpha value is -2.39. The van der Waals surface area contributed by atoms with Gasteiger partial charge in [-0.1, -0.05) is 11.6 Å². The van der Waals surface area contributed by atoms with Crippen molar-refractivity contribution in [2.24, 2.45) is 0 Å². The fourth-order valence-corrected chi connectivity index (χ4v) is 5.36. The average Bonchev–Trinajstić information content (AvgIpc) is 3.27. The number of nitrogens with one attached hydrogen (secondary N) is 2. The molecule has 0 saturated carbocycles. The predicted molar refractivity (Wildman–Crippen MR) is 125 cm³/mol. The molecule has 5 rings (SSSR count). The Bertz CT molecular complexity index is 1080. The lowest BCUT2D eigenvalue weighted by atomic mass is 9.93. The van der Waals surface area contributed by atoms with Gasteiger partial charge in [0.15, 0.2) is 0 Å².